The molecule has 70 valence electrons. The van der Waals surface area contributed by atoms with E-state index in [0.717, 1.165) is 6.42 Å². The molecule has 0 aliphatic rings. The van der Waals surface area contributed by atoms with Gasteiger partial charge in [0.2, 0.25) is 0 Å². The van der Waals surface area contributed by atoms with Gasteiger partial charge in [-0.2, -0.15) is 0 Å². The van der Waals surface area contributed by atoms with Crippen molar-refractivity contribution in [3.05, 3.63) is 24.3 Å². The molecule has 2 N–H and O–H groups in total. The summed E-state index contributed by atoms with van der Waals surface area (Å²) >= 11 is 0. The van der Waals surface area contributed by atoms with E-state index >= 15 is 0 Å². The molecule has 2 nitrogen and oxygen atoms in total. The van der Waals surface area contributed by atoms with Gasteiger partial charge in [0.1, 0.15) is 0 Å². The first kappa shape index (κ1) is 11.4. The van der Waals surface area contributed by atoms with Crippen molar-refractivity contribution in [3.8, 4) is 0 Å². The molecule has 0 saturated carbocycles. The first-order valence-corrected chi connectivity index (χ1v) is 4.32. The standard InChI is InChI=1S/C10H18O2/c1-3-4-5-6-10(12)8-7-9(2)11/h3-4,7-12H,5-6H2,1-2H3/b4-3+,8-7+. The summed E-state index contributed by atoms with van der Waals surface area (Å²) in [6.07, 6.45) is 7.89. The zero-order chi connectivity index (χ0) is 9.40. The van der Waals surface area contributed by atoms with Crippen LogP contribution in [0.4, 0.5) is 0 Å². The molecule has 0 aromatic carbocycles. The van der Waals surface area contributed by atoms with E-state index in [1.54, 1.807) is 19.1 Å². The minimum Gasteiger partial charge on any atom is -0.389 e. The summed E-state index contributed by atoms with van der Waals surface area (Å²) in [5.74, 6) is 0. The third-order valence-electron chi connectivity index (χ3n) is 1.48. The van der Waals surface area contributed by atoms with E-state index in [9.17, 15) is 5.11 Å². The van der Waals surface area contributed by atoms with Crippen molar-refractivity contribution in [2.45, 2.75) is 38.9 Å². The smallest absolute Gasteiger partial charge is 0.0724 e. The number of aliphatic hydroxyl groups excluding tert-OH is 2. The van der Waals surface area contributed by atoms with Gasteiger partial charge in [0.05, 0.1) is 12.2 Å². The van der Waals surface area contributed by atoms with Crippen molar-refractivity contribution in [2.75, 3.05) is 0 Å². The molecule has 0 amide bonds. The average molecular weight is 170 g/mol. The van der Waals surface area contributed by atoms with Gasteiger partial charge in [-0.1, -0.05) is 24.3 Å². The largest absolute Gasteiger partial charge is 0.389 e. The third-order valence-corrected chi connectivity index (χ3v) is 1.48. The predicted octanol–water partition coefficient (Wildman–Crippen LogP) is 1.64. The second kappa shape index (κ2) is 7.07. The molecule has 0 radical (unpaired) electrons. The van der Waals surface area contributed by atoms with Crippen LogP contribution in [0.25, 0.3) is 0 Å². The number of aliphatic hydroxyl groups is 2. The quantitative estimate of drug-likeness (QED) is 0.616. The molecule has 0 saturated heterocycles. The first-order valence-electron chi connectivity index (χ1n) is 4.32. The van der Waals surface area contributed by atoms with Crippen molar-refractivity contribution in [3.63, 3.8) is 0 Å². The monoisotopic (exact) mass is 170 g/mol. The summed E-state index contributed by atoms with van der Waals surface area (Å²) in [7, 11) is 0. The Bertz CT molecular complexity index is 148. The Morgan fingerprint density at radius 3 is 2.42 bits per heavy atom. The summed E-state index contributed by atoms with van der Waals surface area (Å²) in [4.78, 5) is 0. The van der Waals surface area contributed by atoms with Crippen molar-refractivity contribution in [2.24, 2.45) is 0 Å². The fourth-order valence-electron chi connectivity index (χ4n) is 0.819. The van der Waals surface area contributed by atoms with Crippen LogP contribution in [0, 0.1) is 0 Å². The molecule has 0 aromatic heterocycles. The van der Waals surface area contributed by atoms with Gasteiger partial charge in [-0.15, -0.1) is 0 Å². The Hall–Kier alpha value is -0.600. The molecule has 0 heterocycles. The van der Waals surface area contributed by atoms with Crippen LogP contribution < -0.4 is 0 Å². The number of allylic oxidation sites excluding steroid dienone is 2. The second-order valence-corrected chi connectivity index (χ2v) is 2.84. The molecule has 0 bridgehead atoms. The van der Waals surface area contributed by atoms with Crippen LogP contribution >= 0.6 is 0 Å². The number of hydrogen-bond donors (Lipinski definition) is 2. The van der Waals surface area contributed by atoms with Gasteiger partial charge >= 0.3 is 0 Å². The highest BCUT2D eigenvalue weighted by molar-refractivity contribution is 4.93. The maximum Gasteiger partial charge on any atom is 0.0724 e. The van der Waals surface area contributed by atoms with Crippen LogP contribution in [-0.2, 0) is 0 Å². The Morgan fingerprint density at radius 1 is 1.25 bits per heavy atom. The highest BCUT2D eigenvalue weighted by Gasteiger charge is 1.96. The van der Waals surface area contributed by atoms with E-state index in [0.29, 0.717) is 6.42 Å². The van der Waals surface area contributed by atoms with E-state index in [1.165, 1.54) is 0 Å². The van der Waals surface area contributed by atoms with Crippen LogP contribution in [0.3, 0.4) is 0 Å². The highest BCUT2D eigenvalue weighted by Crippen LogP contribution is 2.00. The maximum absolute atomic E-state index is 9.29. The molecule has 2 atom stereocenters. The molecule has 0 aliphatic heterocycles. The van der Waals surface area contributed by atoms with Crippen LogP contribution in [0.2, 0.25) is 0 Å². The van der Waals surface area contributed by atoms with Crippen molar-refractivity contribution in [1.29, 1.82) is 0 Å². The molecular formula is C10H18O2. The van der Waals surface area contributed by atoms with Gasteiger partial charge < -0.3 is 10.2 Å². The Balaban J connectivity index is 3.51. The normalized spacial score (nSPS) is 17.3. The Morgan fingerprint density at radius 2 is 1.92 bits per heavy atom. The molecule has 0 spiro atoms. The zero-order valence-electron chi connectivity index (χ0n) is 7.77. The van der Waals surface area contributed by atoms with Crippen LogP contribution in [0.5, 0.6) is 0 Å². The highest BCUT2D eigenvalue weighted by atomic mass is 16.3. The molecule has 0 aromatic rings. The SMILES string of the molecule is C/C=C/CCC(O)/C=C/C(C)O. The van der Waals surface area contributed by atoms with Crippen LogP contribution in [0.15, 0.2) is 24.3 Å². The summed E-state index contributed by atoms with van der Waals surface area (Å²) in [6, 6.07) is 0. The lowest BCUT2D eigenvalue weighted by Crippen LogP contribution is -2.03. The molecule has 2 unspecified atom stereocenters. The molecule has 0 rings (SSSR count). The summed E-state index contributed by atoms with van der Waals surface area (Å²) in [5, 5.41) is 18.2. The fraction of sp³-hybridized carbons (Fsp3) is 0.600. The van der Waals surface area contributed by atoms with Crippen molar-refractivity contribution in [1.82, 2.24) is 0 Å². The molecule has 12 heavy (non-hydrogen) atoms. The lowest BCUT2D eigenvalue weighted by atomic mass is 10.1. The van der Waals surface area contributed by atoms with Crippen LogP contribution in [0.1, 0.15) is 26.7 Å². The van der Waals surface area contributed by atoms with Gasteiger partial charge in [0.15, 0.2) is 0 Å². The van der Waals surface area contributed by atoms with Gasteiger partial charge in [-0.05, 0) is 26.7 Å². The summed E-state index contributed by atoms with van der Waals surface area (Å²) < 4.78 is 0. The predicted molar refractivity (Wildman–Crippen MR) is 50.9 cm³/mol. The lowest BCUT2D eigenvalue weighted by molar-refractivity contribution is 0.207. The molecule has 0 aliphatic carbocycles. The van der Waals surface area contributed by atoms with E-state index in [-0.39, 0.29) is 0 Å². The van der Waals surface area contributed by atoms with Crippen LogP contribution in [-0.4, -0.2) is 22.4 Å². The van der Waals surface area contributed by atoms with E-state index in [4.69, 9.17) is 5.11 Å². The van der Waals surface area contributed by atoms with E-state index in [1.807, 2.05) is 19.1 Å². The maximum atomic E-state index is 9.29. The average Bonchev–Trinajstić information content (AvgIpc) is 2.01. The number of hydrogen-bond acceptors (Lipinski definition) is 2. The lowest BCUT2D eigenvalue weighted by Gasteiger charge is -2.02. The number of rotatable bonds is 5. The third kappa shape index (κ3) is 7.51. The van der Waals surface area contributed by atoms with Gasteiger partial charge in [0, 0.05) is 0 Å². The summed E-state index contributed by atoms with van der Waals surface area (Å²) in [5.41, 5.74) is 0. The molecular weight excluding hydrogens is 152 g/mol. The molecule has 2 heteroatoms. The van der Waals surface area contributed by atoms with E-state index < -0.39 is 12.2 Å². The van der Waals surface area contributed by atoms with Crippen molar-refractivity contribution < 1.29 is 10.2 Å². The van der Waals surface area contributed by atoms with Crippen molar-refractivity contribution >= 4 is 0 Å². The second-order valence-electron chi connectivity index (χ2n) is 2.84. The Labute approximate surface area is 74.2 Å². The fourth-order valence-corrected chi connectivity index (χ4v) is 0.819. The van der Waals surface area contributed by atoms with Gasteiger partial charge in [-0.25, -0.2) is 0 Å². The van der Waals surface area contributed by atoms with Gasteiger partial charge in [-0.3, -0.25) is 0 Å². The first-order chi connectivity index (χ1) is 5.66. The summed E-state index contributed by atoms with van der Waals surface area (Å²) in [6.45, 7) is 3.62. The topological polar surface area (TPSA) is 40.5 Å². The minimum atomic E-state index is -0.471. The van der Waals surface area contributed by atoms with E-state index in [2.05, 4.69) is 0 Å². The van der Waals surface area contributed by atoms with Gasteiger partial charge in [0.25, 0.3) is 0 Å². The minimum absolute atomic E-state index is 0.434. The molecule has 0 fully saturated rings. The zero-order valence-corrected chi connectivity index (χ0v) is 7.77. The Kier molecular flexibility index (Phi) is 6.72.